The van der Waals surface area contributed by atoms with Crippen molar-refractivity contribution in [2.24, 2.45) is 0 Å². The van der Waals surface area contributed by atoms with E-state index in [4.69, 9.17) is 11.5 Å². The van der Waals surface area contributed by atoms with Gasteiger partial charge < -0.3 is 11.5 Å². The summed E-state index contributed by atoms with van der Waals surface area (Å²) in [6.45, 7) is 6.64. The van der Waals surface area contributed by atoms with Gasteiger partial charge in [-0.2, -0.15) is 0 Å². The quantitative estimate of drug-likeness (QED) is 0.744. The van der Waals surface area contributed by atoms with Crippen molar-refractivity contribution in [1.29, 1.82) is 0 Å². The van der Waals surface area contributed by atoms with Crippen molar-refractivity contribution in [3.63, 3.8) is 0 Å². The maximum Gasteiger partial charge on any atom is 0.0355 e. The van der Waals surface area contributed by atoms with Gasteiger partial charge in [-0.3, -0.25) is 0 Å². The van der Waals surface area contributed by atoms with Gasteiger partial charge in [0.1, 0.15) is 0 Å². The van der Waals surface area contributed by atoms with Crippen LogP contribution >= 0.6 is 0 Å². The lowest BCUT2D eigenvalue weighted by molar-refractivity contribution is 0.830. The lowest BCUT2D eigenvalue weighted by atomic mass is 9.83. The fourth-order valence-electron chi connectivity index (χ4n) is 3.44. The van der Waals surface area contributed by atoms with E-state index in [0.717, 1.165) is 37.1 Å². The summed E-state index contributed by atoms with van der Waals surface area (Å²) < 4.78 is 0. The van der Waals surface area contributed by atoms with E-state index in [1.54, 1.807) is 0 Å². The van der Waals surface area contributed by atoms with Crippen LogP contribution in [0.1, 0.15) is 61.8 Å². The van der Waals surface area contributed by atoms with E-state index in [2.05, 4.69) is 45.0 Å². The van der Waals surface area contributed by atoms with E-state index < -0.39 is 0 Å². The summed E-state index contributed by atoms with van der Waals surface area (Å²) in [6.07, 6.45) is 4.35. The van der Waals surface area contributed by atoms with E-state index in [0.29, 0.717) is 0 Å². The Morgan fingerprint density at radius 1 is 0.773 bits per heavy atom. The number of hydrogen-bond donors (Lipinski definition) is 2. The summed E-state index contributed by atoms with van der Waals surface area (Å²) in [5.74, 6) is 0.227. The maximum absolute atomic E-state index is 6.32. The van der Waals surface area contributed by atoms with Crippen LogP contribution < -0.4 is 11.5 Å². The number of aryl methyl sites for hydroxylation is 2. The van der Waals surface area contributed by atoms with Crippen molar-refractivity contribution < 1.29 is 0 Å². The third kappa shape index (κ3) is 3.27. The van der Waals surface area contributed by atoms with Gasteiger partial charge in [-0.1, -0.05) is 57.9 Å². The second kappa shape index (κ2) is 7.35. The highest BCUT2D eigenvalue weighted by Crippen LogP contribution is 2.37. The topological polar surface area (TPSA) is 52.0 Å². The van der Waals surface area contributed by atoms with Gasteiger partial charge in [-0.05, 0) is 47.2 Å². The maximum atomic E-state index is 6.32. The molecule has 0 unspecified atom stereocenters. The Hall–Kier alpha value is -1.96. The summed E-state index contributed by atoms with van der Waals surface area (Å²) in [7, 11) is 0. The molecule has 118 valence electrons. The number of nitrogen functional groups attached to an aromatic ring is 2. The molecular weight excluding hydrogens is 268 g/mol. The van der Waals surface area contributed by atoms with Gasteiger partial charge in [0.15, 0.2) is 0 Å². The molecule has 4 N–H and O–H groups in total. The SMILES string of the molecule is CCCc1cccc(N)c1C(C)c1c(N)cccc1CCC. The summed E-state index contributed by atoms with van der Waals surface area (Å²) in [4.78, 5) is 0. The van der Waals surface area contributed by atoms with Crippen LogP contribution in [0.5, 0.6) is 0 Å². The fourth-order valence-corrected chi connectivity index (χ4v) is 3.44. The highest BCUT2D eigenvalue weighted by molar-refractivity contribution is 5.61. The lowest BCUT2D eigenvalue weighted by Gasteiger charge is -2.23. The first-order chi connectivity index (χ1) is 10.6. The number of nitrogens with two attached hydrogens (primary N) is 2. The minimum Gasteiger partial charge on any atom is -0.398 e. The first-order valence-corrected chi connectivity index (χ1v) is 8.34. The van der Waals surface area contributed by atoms with Crippen molar-refractivity contribution in [2.45, 2.75) is 52.4 Å². The Balaban J connectivity index is 2.55. The molecule has 0 aliphatic carbocycles. The molecule has 0 radical (unpaired) electrons. The van der Waals surface area contributed by atoms with Crippen LogP contribution in [0.15, 0.2) is 36.4 Å². The van der Waals surface area contributed by atoms with Gasteiger partial charge >= 0.3 is 0 Å². The predicted octanol–water partition coefficient (Wildman–Crippen LogP) is 4.91. The van der Waals surface area contributed by atoms with Gasteiger partial charge in [0.25, 0.3) is 0 Å². The molecule has 0 atom stereocenters. The van der Waals surface area contributed by atoms with E-state index in [9.17, 15) is 0 Å². The second-order valence-electron chi connectivity index (χ2n) is 6.06. The van der Waals surface area contributed by atoms with Crippen molar-refractivity contribution >= 4 is 11.4 Å². The number of anilines is 2. The molecule has 0 aliphatic heterocycles. The third-order valence-electron chi connectivity index (χ3n) is 4.36. The van der Waals surface area contributed by atoms with Crippen LogP contribution in [0.3, 0.4) is 0 Å². The molecule has 22 heavy (non-hydrogen) atoms. The van der Waals surface area contributed by atoms with Crippen molar-refractivity contribution in [3.8, 4) is 0 Å². The molecule has 0 heterocycles. The smallest absolute Gasteiger partial charge is 0.0355 e. The van der Waals surface area contributed by atoms with Crippen molar-refractivity contribution in [3.05, 3.63) is 58.7 Å². The Labute approximate surface area is 134 Å². The van der Waals surface area contributed by atoms with Crippen molar-refractivity contribution in [2.75, 3.05) is 11.5 Å². The highest BCUT2D eigenvalue weighted by atomic mass is 14.6. The molecule has 0 fully saturated rings. The van der Waals surface area contributed by atoms with Crippen LogP contribution in [-0.2, 0) is 12.8 Å². The van der Waals surface area contributed by atoms with Crippen LogP contribution in [0.25, 0.3) is 0 Å². The molecule has 2 aromatic carbocycles. The molecule has 0 aromatic heterocycles. The Morgan fingerprint density at radius 2 is 1.18 bits per heavy atom. The molecule has 2 heteroatoms. The van der Waals surface area contributed by atoms with Crippen LogP contribution in [0, 0.1) is 0 Å². The summed E-state index contributed by atoms with van der Waals surface area (Å²) in [5.41, 5.74) is 19.6. The largest absolute Gasteiger partial charge is 0.398 e. The van der Waals surface area contributed by atoms with Crippen LogP contribution in [-0.4, -0.2) is 0 Å². The number of rotatable bonds is 6. The highest BCUT2D eigenvalue weighted by Gasteiger charge is 2.20. The van der Waals surface area contributed by atoms with E-state index >= 15 is 0 Å². The van der Waals surface area contributed by atoms with Gasteiger partial charge in [0, 0.05) is 17.3 Å². The van der Waals surface area contributed by atoms with Gasteiger partial charge in [-0.15, -0.1) is 0 Å². The first-order valence-electron chi connectivity index (χ1n) is 8.34. The molecule has 0 amide bonds. The number of hydrogen-bond acceptors (Lipinski definition) is 2. The molecule has 2 aromatic rings. The van der Waals surface area contributed by atoms with Gasteiger partial charge in [0.05, 0.1) is 0 Å². The zero-order chi connectivity index (χ0) is 16.1. The molecule has 2 nitrogen and oxygen atoms in total. The Kier molecular flexibility index (Phi) is 5.48. The normalized spacial score (nSPS) is 11.1. The molecule has 0 saturated carbocycles. The van der Waals surface area contributed by atoms with E-state index in [1.165, 1.54) is 22.3 Å². The van der Waals surface area contributed by atoms with Gasteiger partial charge in [-0.25, -0.2) is 0 Å². The van der Waals surface area contributed by atoms with Crippen LogP contribution in [0.4, 0.5) is 11.4 Å². The van der Waals surface area contributed by atoms with Crippen LogP contribution in [0.2, 0.25) is 0 Å². The minimum absolute atomic E-state index is 0.227. The molecule has 2 rings (SSSR count). The predicted molar refractivity (Wildman–Crippen MR) is 97.2 cm³/mol. The molecule has 0 spiro atoms. The van der Waals surface area contributed by atoms with Gasteiger partial charge in [0.2, 0.25) is 0 Å². The third-order valence-corrected chi connectivity index (χ3v) is 4.36. The molecule has 0 saturated heterocycles. The zero-order valence-electron chi connectivity index (χ0n) is 14.0. The molecule has 0 aliphatic rings. The van der Waals surface area contributed by atoms with E-state index in [-0.39, 0.29) is 5.92 Å². The lowest BCUT2D eigenvalue weighted by Crippen LogP contribution is -2.10. The monoisotopic (exact) mass is 296 g/mol. The average molecular weight is 296 g/mol. The standard InChI is InChI=1S/C20H28N2/c1-4-8-15-10-6-12-17(21)19(15)14(3)20-16(9-5-2)11-7-13-18(20)22/h6-7,10-14H,4-5,8-9,21-22H2,1-3H3. The summed E-state index contributed by atoms with van der Waals surface area (Å²) in [6, 6.07) is 12.5. The second-order valence-corrected chi connectivity index (χ2v) is 6.06. The average Bonchev–Trinajstić information content (AvgIpc) is 2.48. The van der Waals surface area contributed by atoms with Crippen molar-refractivity contribution in [1.82, 2.24) is 0 Å². The summed E-state index contributed by atoms with van der Waals surface area (Å²) in [5, 5.41) is 0. The Morgan fingerprint density at radius 3 is 1.55 bits per heavy atom. The minimum atomic E-state index is 0.227. The molecular formula is C20H28N2. The fraction of sp³-hybridized carbons (Fsp3) is 0.400. The number of benzene rings is 2. The van der Waals surface area contributed by atoms with E-state index in [1.807, 2.05) is 12.1 Å². The summed E-state index contributed by atoms with van der Waals surface area (Å²) >= 11 is 0. The molecule has 0 bridgehead atoms. The first kappa shape index (κ1) is 16.4. The Bertz CT molecular complexity index is 576. The zero-order valence-corrected chi connectivity index (χ0v) is 14.0.